The van der Waals surface area contributed by atoms with E-state index in [2.05, 4.69) is 15.9 Å². The van der Waals surface area contributed by atoms with Crippen molar-refractivity contribution in [2.24, 2.45) is 0 Å². The molecule has 0 saturated carbocycles. The lowest BCUT2D eigenvalue weighted by Crippen LogP contribution is -2.12. The van der Waals surface area contributed by atoms with E-state index in [9.17, 15) is 12.8 Å². The molecule has 102 valence electrons. The molecule has 0 heterocycles. The Labute approximate surface area is 114 Å². The van der Waals surface area contributed by atoms with Crippen molar-refractivity contribution in [2.75, 3.05) is 23.8 Å². The molecule has 0 fully saturated rings. The van der Waals surface area contributed by atoms with Crippen LogP contribution in [0.4, 0.5) is 10.1 Å². The minimum absolute atomic E-state index is 0.0716. The van der Waals surface area contributed by atoms with Crippen LogP contribution >= 0.6 is 15.9 Å². The molecule has 0 radical (unpaired) electrons. The van der Waals surface area contributed by atoms with E-state index in [0.717, 1.165) is 6.07 Å². The van der Waals surface area contributed by atoms with Crippen molar-refractivity contribution >= 4 is 31.5 Å². The minimum Gasteiger partial charge on any atom is -0.490 e. The lowest BCUT2D eigenvalue weighted by Gasteiger charge is -2.10. The van der Waals surface area contributed by atoms with Gasteiger partial charge in [-0.1, -0.05) is 6.92 Å². The van der Waals surface area contributed by atoms with Gasteiger partial charge in [-0.15, -0.1) is 0 Å². The summed E-state index contributed by atoms with van der Waals surface area (Å²) in [7, 11) is -2.98. The number of ether oxygens (including phenoxy) is 1. The first-order valence-electron chi connectivity index (χ1n) is 5.43. The van der Waals surface area contributed by atoms with Crippen LogP contribution in [0.2, 0.25) is 0 Å². The summed E-state index contributed by atoms with van der Waals surface area (Å²) in [5.41, 5.74) is 5.78. The molecule has 1 rings (SSSR count). The summed E-state index contributed by atoms with van der Waals surface area (Å²) < 4.78 is 41.2. The van der Waals surface area contributed by atoms with Gasteiger partial charge in [-0.3, -0.25) is 0 Å². The van der Waals surface area contributed by atoms with Gasteiger partial charge in [0, 0.05) is 11.8 Å². The average molecular weight is 340 g/mol. The average Bonchev–Trinajstić information content (AvgIpc) is 2.26. The molecule has 0 amide bonds. The Balaban J connectivity index is 2.55. The Bertz CT molecular complexity index is 496. The molecule has 2 N–H and O–H groups in total. The number of sulfone groups is 1. The fourth-order valence-electron chi connectivity index (χ4n) is 1.33. The van der Waals surface area contributed by atoms with Gasteiger partial charge in [0.1, 0.15) is 15.7 Å². The number of rotatable bonds is 6. The maximum Gasteiger partial charge on any atom is 0.156 e. The van der Waals surface area contributed by atoms with Gasteiger partial charge in [0.2, 0.25) is 0 Å². The van der Waals surface area contributed by atoms with Gasteiger partial charge in [-0.2, -0.15) is 0 Å². The standard InChI is InChI=1S/C11H15BrFNO3S/c1-2-18(15,16)5-3-4-17-11-9(12)6-8(13)7-10(11)14/h6-7H,2-5,14H2,1H3. The van der Waals surface area contributed by atoms with Crippen LogP contribution < -0.4 is 10.5 Å². The number of nitrogens with two attached hydrogens (primary N) is 1. The highest BCUT2D eigenvalue weighted by Crippen LogP contribution is 2.32. The summed E-state index contributed by atoms with van der Waals surface area (Å²) in [5, 5.41) is 0. The van der Waals surface area contributed by atoms with E-state index in [4.69, 9.17) is 10.5 Å². The zero-order valence-electron chi connectivity index (χ0n) is 9.95. The molecular formula is C11H15BrFNO3S. The predicted molar refractivity (Wildman–Crippen MR) is 73.0 cm³/mol. The van der Waals surface area contributed by atoms with Crippen LogP contribution in [0.25, 0.3) is 0 Å². The normalized spacial score (nSPS) is 11.5. The van der Waals surface area contributed by atoms with Crippen LogP contribution in [-0.2, 0) is 9.84 Å². The summed E-state index contributed by atoms with van der Waals surface area (Å²) in [6, 6.07) is 2.40. The molecular weight excluding hydrogens is 325 g/mol. The predicted octanol–water partition coefficient (Wildman–Crippen LogP) is 2.37. The van der Waals surface area contributed by atoms with Crippen molar-refractivity contribution in [1.82, 2.24) is 0 Å². The first kappa shape index (κ1) is 15.2. The van der Waals surface area contributed by atoms with Gasteiger partial charge in [-0.25, -0.2) is 12.8 Å². The van der Waals surface area contributed by atoms with Gasteiger partial charge >= 0.3 is 0 Å². The van der Waals surface area contributed by atoms with Crippen molar-refractivity contribution in [3.8, 4) is 5.75 Å². The third-order valence-corrected chi connectivity index (χ3v) is 4.70. The van der Waals surface area contributed by atoms with E-state index < -0.39 is 15.7 Å². The van der Waals surface area contributed by atoms with Crippen molar-refractivity contribution in [3.05, 3.63) is 22.4 Å². The van der Waals surface area contributed by atoms with Gasteiger partial charge in [0.25, 0.3) is 0 Å². The Morgan fingerprint density at radius 1 is 1.44 bits per heavy atom. The van der Waals surface area contributed by atoms with Gasteiger partial charge in [-0.05, 0) is 28.4 Å². The second kappa shape index (κ2) is 6.38. The Morgan fingerprint density at radius 3 is 2.67 bits per heavy atom. The first-order valence-corrected chi connectivity index (χ1v) is 8.05. The highest BCUT2D eigenvalue weighted by molar-refractivity contribution is 9.10. The monoisotopic (exact) mass is 339 g/mol. The van der Waals surface area contributed by atoms with Gasteiger partial charge < -0.3 is 10.5 Å². The third kappa shape index (κ3) is 4.45. The molecule has 18 heavy (non-hydrogen) atoms. The molecule has 0 saturated heterocycles. The fraction of sp³-hybridized carbons (Fsp3) is 0.455. The molecule has 0 aromatic heterocycles. The van der Waals surface area contributed by atoms with Crippen molar-refractivity contribution in [1.29, 1.82) is 0 Å². The Hall–Kier alpha value is -0.820. The molecule has 0 aliphatic carbocycles. The molecule has 0 aliphatic rings. The number of nitrogen functional groups attached to an aromatic ring is 1. The largest absolute Gasteiger partial charge is 0.490 e. The maximum absolute atomic E-state index is 13.0. The zero-order valence-corrected chi connectivity index (χ0v) is 12.4. The van der Waals surface area contributed by atoms with Crippen LogP contribution in [0.15, 0.2) is 16.6 Å². The first-order chi connectivity index (χ1) is 8.35. The van der Waals surface area contributed by atoms with Crippen LogP contribution in [0.3, 0.4) is 0 Å². The second-order valence-corrected chi connectivity index (χ2v) is 7.07. The van der Waals surface area contributed by atoms with Crippen molar-refractivity contribution < 1.29 is 17.5 Å². The number of anilines is 1. The molecule has 0 bridgehead atoms. The third-order valence-electron chi connectivity index (χ3n) is 2.32. The second-order valence-electron chi connectivity index (χ2n) is 3.74. The van der Waals surface area contributed by atoms with Crippen molar-refractivity contribution in [3.63, 3.8) is 0 Å². The zero-order chi connectivity index (χ0) is 13.8. The number of benzene rings is 1. The summed E-state index contributed by atoms with van der Waals surface area (Å²) in [4.78, 5) is 0. The van der Waals surface area contributed by atoms with Crippen LogP contribution in [0.5, 0.6) is 5.75 Å². The van der Waals surface area contributed by atoms with Crippen LogP contribution in [0.1, 0.15) is 13.3 Å². The van der Waals surface area contributed by atoms with E-state index in [0.29, 0.717) is 16.6 Å². The summed E-state index contributed by atoms with van der Waals surface area (Å²) >= 11 is 3.14. The lowest BCUT2D eigenvalue weighted by molar-refractivity contribution is 0.317. The van der Waals surface area contributed by atoms with Gasteiger partial charge in [0.05, 0.1) is 22.5 Å². The highest BCUT2D eigenvalue weighted by atomic mass is 79.9. The summed E-state index contributed by atoms with van der Waals surface area (Å²) in [6.45, 7) is 1.82. The van der Waals surface area contributed by atoms with E-state index >= 15 is 0 Å². The van der Waals surface area contributed by atoms with E-state index in [1.807, 2.05) is 0 Å². The fourth-order valence-corrected chi connectivity index (χ4v) is 2.74. The highest BCUT2D eigenvalue weighted by Gasteiger charge is 2.10. The molecule has 0 aliphatic heterocycles. The Kier molecular flexibility index (Phi) is 5.40. The molecule has 0 spiro atoms. The lowest BCUT2D eigenvalue weighted by atomic mass is 10.3. The molecule has 7 heteroatoms. The summed E-state index contributed by atoms with van der Waals surface area (Å²) in [6.07, 6.45) is 0.374. The number of hydrogen-bond donors (Lipinski definition) is 1. The topological polar surface area (TPSA) is 69.4 Å². The van der Waals surface area contributed by atoms with E-state index in [1.165, 1.54) is 6.07 Å². The maximum atomic E-state index is 13.0. The van der Waals surface area contributed by atoms with Crippen LogP contribution in [0, 0.1) is 5.82 Å². The number of hydrogen-bond acceptors (Lipinski definition) is 4. The van der Waals surface area contributed by atoms with Crippen LogP contribution in [-0.4, -0.2) is 26.5 Å². The SMILES string of the molecule is CCS(=O)(=O)CCCOc1c(N)cc(F)cc1Br. The van der Waals surface area contributed by atoms with Gasteiger partial charge in [0.15, 0.2) is 5.75 Å². The molecule has 0 atom stereocenters. The molecule has 0 unspecified atom stereocenters. The molecule has 1 aromatic carbocycles. The summed E-state index contributed by atoms with van der Waals surface area (Å²) in [5.74, 6) is 0.0722. The quantitative estimate of drug-likeness (QED) is 0.638. The smallest absolute Gasteiger partial charge is 0.156 e. The van der Waals surface area contributed by atoms with E-state index in [-0.39, 0.29) is 23.8 Å². The number of halogens is 2. The van der Waals surface area contributed by atoms with E-state index in [1.54, 1.807) is 6.92 Å². The molecule has 4 nitrogen and oxygen atoms in total. The molecule has 1 aromatic rings. The van der Waals surface area contributed by atoms with Crippen molar-refractivity contribution in [2.45, 2.75) is 13.3 Å². The Morgan fingerprint density at radius 2 is 2.11 bits per heavy atom. The minimum atomic E-state index is -2.98.